The Morgan fingerprint density at radius 3 is 2.07 bits per heavy atom. The highest BCUT2D eigenvalue weighted by atomic mass is 31.2. The SMILES string of the molecule is CCN(CCC[n+]1ccc(-c2cc[n+](CCP(=O)(O)O)cc2)cc1)c1ccc2c(c1)Oc1ccc(Cc3cccc(C(F)(F)F)c3)cc1C21OC(=O)c2ccccc21.[CH3-].[CH3-]. The molecule has 1 spiro atoms. The van der Waals surface area contributed by atoms with E-state index < -0.39 is 30.9 Å². The summed E-state index contributed by atoms with van der Waals surface area (Å²) in [6.45, 7) is 4.61. The second-order valence-electron chi connectivity index (χ2n) is 14.6. The molecule has 0 amide bonds. The predicted molar refractivity (Wildman–Crippen MR) is 223 cm³/mol. The molecule has 13 heteroatoms. The molecule has 60 heavy (non-hydrogen) atoms. The van der Waals surface area contributed by atoms with Gasteiger partial charge in [-0.25, -0.2) is 13.9 Å². The van der Waals surface area contributed by atoms with E-state index >= 15 is 0 Å². The fraction of sp³-hybridized carbons (Fsp3) is 0.213. The number of benzene rings is 4. The third-order valence-electron chi connectivity index (χ3n) is 10.8. The highest BCUT2D eigenvalue weighted by Crippen LogP contribution is 2.56. The Labute approximate surface area is 348 Å². The number of halogens is 3. The molecule has 0 saturated carbocycles. The second kappa shape index (κ2) is 17.4. The van der Waals surface area contributed by atoms with Crippen LogP contribution in [0.2, 0.25) is 0 Å². The van der Waals surface area contributed by atoms with E-state index in [-0.39, 0.29) is 34.0 Å². The third kappa shape index (κ3) is 8.87. The first-order valence-corrected chi connectivity index (χ1v) is 20.8. The fourth-order valence-corrected chi connectivity index (χ4v) is 8.36. The van der Waals surface area contributed by atoms with Crippen molar-refractivity contribution in [2.45, 2.75) is 44.6 Å². The Bertz CT molecular complexity index is 2540. The van der Waals surface area contributed by atoms with Gasteiger partial charge in [0.15, 0.2) is 36.9 Å². The molecule has 2 aromatic heterocycles. The van der Waals surface area contributed by atoms with E-state index in [1.54, 1.807) is 28.8 Å². The second-order valence-corrected chi connectivity index (χ2v) is 16.4. The molecule has 2 N–H and O–H groups in total. The van der Waals surface area contributed by atoms with Gasteiger partial charge < -0.3 is 39.0 Å². The maximum absolute atomic E-state index is 13.5. The van der Waals surface area contributed by atoms with Crippen LogP contribution in [-0.4, -0.2) is 35.0 Å². The zero-order valence-electron chi connectivity index (χ0n) is 33.6. The first-order valence-electron chi connectivity index (χ1n) is 19.0. The number of esters is 1. The molecule has 0 radical (unpaired) electrons. The summed E-state index contributed by atoms with van der Waals surface area (Å²) in [5.41, 5.74) is 4.62. The van der Waals surface area contributed by atoms with E-state index in [1.165, 1.54) is 6.07 Å². The van der Waals surface area contributed by atoms with Gasteiger partial charge in [0.25, 0.3) is 0 Å². The molecular formula is C47H47F3N3O6P. The number of carbonyl (C=O) groups is 1. The smallest absolute Gasteiger partial charge is 0.416 e. The van der Waals surface area contributed by atoms with E-state index in [9.17, 15) is 22.5 Å². The van der Waals surface area contributed by atoms with Gasteiger partial charge in [-0.3, -0.25) is 4.57 Å². The van der Waals surface area contributed by atoms with Crippen molar-refractivity contribution in [3.8, 4) is 22.6 Å². The van der Waals surface area contributed by atoms with Crippen LogP contribution in [0.3, 0.4) is 0 Å². The van der Waals surface area contributed by atoms with Crippen molar-refractivity contribution < 1.29 is 50.9 Å². The molecule has 0 fully saturated rings. The number of fused-ring (bicyclic) bond motifs is 6. The average Bonchev–Trinajstić information content (AvgIpc) is 3.51. The molecule has 6 aromatic rings. The van der Waals surface area contributed by atoms with E-state index in [0.29, 0.717) is 39.3 Å². The summed E-state index contributed by atoms with van der Waals surface area (Å²) in [6.07, 6.45) is 4.14. The standard InChI is InChI=1S/C45H39F3N3O6P.2CH3/c1-2-51(20-6-19-49-21-15-33(16-22-49)34-17-23-50(24-18-34)25-26-58(53,54)55)36-12-13-39-42(30-36)56-41-14-11-32(27-31-7-5-8-35(28-31)45(46,47)48)29-40(41)44(39)38-10-4-3-9-37(38)43(52)57-44;;/h3-5,7-18,21-24,28-30H,2,6,19-20,25-27H2,1H3;2*1H3/q;2*-1/p+2. The number of rotatable bonds is 12. The van der Waals surface area contributed by atoms with Crippen LogP contribution in [0.25, 0.3) is 11.1 Å². The first-order chi connectivity index (χ1) is 27.8. The molecule has 312 valence electrons. The minimum absolute atomic E-state index is 0. The first kappa shape index (κ1) is 43.8. The van der Waals surface area contributed by atoms with E-state index in [4.69, 9.17) is 19.3 Å². The van der Waals surface area contributed by atoms with Crippen LogP contribution in [-0.2, 0) is 40.6 Å². The lowest BCUT2D eigenvalue weighted by molar-refractivity contribution is -0.697. The van der Waals surface area contributed by atoms with Gasteiger partial charge in [-0.1, -0.05) is 42.5 Å². The number of hydrogen-bond acceptors (Lipinski definition) is 5. The maximum Gasteiger partial charge on any atom is 0.416 e. The minimum Gasteiger partial charge on any atom is -0.456 e. The maximum atomic E-state index is 13.5. The predicted octanol–water partition coefficient (Wildman–Crippen LogP) is 9.10. The highest BCUT2D eigenvalue weighted by Gasteiger charge is 2.53. The van der Waals surface area contributed by atoms with Gasteiger partial charge in [-0.2, -0.15) is 13.2 Å². The van der Waals surface area contributed by atoms with Crippen LogP contribution in [0.15, 0.2) is 134 Å². The normalized spacial score (nSPS) is 15.1. The van der Waals surface area contributed by atoms with Gasteiger partial charge in [0, 0.05) is 72.2 Å². The molecule has 9 nitrogen and oxygen atoms in total. The third-order valence-corrected chi connectivity index (χ3v) is 11.6. The molecule has 4 aromatic carbocycles. The summed E-state index contributed by atoms with van der Waals surface area (Å²) in [7, 11) is -4.06. The lowest BCUT2D eigenvalue weighted by Gasteiger charge is -2.37. The molecular weight excluding hydrogens is 791 g/mol. The fourth-order valence-electron chi connectivity index (χ4n) is 7.87. The van der Waals surface area contributed by atoms with Crippen molar-refractivity contribution in [3.05, 3.63) is 188 Å². The quantitative estimate of drug-likeness (QED) is 0.0549. The number of aryl methyl sites for hydroxylation is 2. The van der Waals surface area contributed by atoms with Crippen LogP contribution in [0.5, 0.6) is 11.5 Å². The van der Waals surface area contributed by atoms with Gasteiger partial charge >= 0.3 is 19.7 Å². The molecule has 1 unspecified atom stereocenters. The van der Waals surface area contributed by atoms with Gasteiger partial charge in [-0.15, -0.1) is 0 Å². The molecule has 2 aliphatic heterocycles. The van der Waals surface area contributed by atoms with Crippen molar-refractivity contribution in [3.63, 3.8) is 0 Å². The van der Waals surface area contributed by atoms with Crippen molar-refractivity contribution >= 4 is 19.3 Å². The number of hydrogen-bond donors (Lipinski definition) is 2. The molecule has 0 saturated heterocycles. The van der Waals surface area contributed by atoms with Gasteiger partial charge in [0.05, 0.1) is 11.1 Å². The molecule has 0 aliphatic carbocycles. The van der Waals surface area contributed by atoms with Crippen molar-refractivity contribution in [1.82, 2.24) is 0 Å². The van der Waals surface area contributed by atoms with E-state index in [2.05, 4.69) is 16.4 Å². The summed E-state index contributed by atoms with van der Waals surface area (Å²) in [5, 5.41) is 0. The van der Waals surface area contributed by atoms with Crippen molar-refractivity contribution in [1.29, 1.82) is 0 Å². The lowest BCUT2D eigenvalue weighted by atomic mass is 9.77. The Kier molecular flexibility index (Phi) is 12.7. The number of carbonyl (C=O) groups excluding carboxylic acids is 1. The van der Waals surface area contributed by atoms with Crippen molar-refractivity contribution in [2.24, 2.45) is 0 Å². The zero-order valence-corrected chi connectivity index (χ0v) is 34.5. The monoisotopic (exact) mass is 837 g/mol. The molecule has 1 atom stereocenters. The number of pyridine rings is 2. The Hall–Kier alpha value is -5.81. The number of nitrogens with zero attached hydrogens (tertiary/aromatic N) is 3. The summed E-state index contributed by atoms with van der Waals surface area (Å²) >= 11 is 0. The summed E-state index contributed by atoms with van der Waals surface area (Å²) < 4.78 is 68.6. The average molecular weight is 838 g/mol. The summed E-state index contributed by atoms with van der Waals surface area (Å²) in [6, 6.07) is 32.0. The van der Waals surface area contributed by atoms with Gasteiger partial charge in [0.1, 0.15) is 24.2 Å². The molecule has 8 rings (SSSR count). The van der Waals surface area contributed by atoms with Crippen LogP contribution in [0.1, 0.15) is 57.1 Å². The lowest BCUT2D eigenvalue weighted by Crippen LogP contribution is -2.36. The number of aromatic nitrogens is 2. The number of ether oxygens (including phenoxy) is 2. The van der Waals surface area contributed by atoms with Gasteiger partial charge in [-0.05, 0) is 72.0 Å². The number of anilines is 1. The largest absolute Gasteiger partial charge is 0.456 e. The van der Waals surface area contributed by atoms with E-state index in [1.807, 2.05) is 91.5 Å². The topological polar surface area (TPSA) is 104 Å². The van der Waals surface area contributed by atoms with E-state index in [0.717, 1.165) is 60.6 Å². The van der Waals surface area contributed by atoms with Crippen LogP contribution >= 0.6 is 7.60 Å². The Morgan fingerprint density at radius 2 is 1.40 bits per heavy atom. The molecule has 2 aliphatic rings. The van der Waals surface area contributed by atoms with Crippen LogP contribution in [0, 0.1) is 14.9 Å². The Morgan fingerprint density at radius 1 is 0.733 bits per heavy atom. The van der Waals surface area contributed by atoms with Gasteiger partial charge in [0.2, 0.25) is 0 Å². The summed E-state index contributed by atoms with van der Waals surface area (Å²) in [4.78, 5) is 34.1. The molecule has 4 heterocycles. The summed E-state index contributed by atoms with van der Waals surface area (Å²) in [5.74, 6) is 0.589. The highest BCUT2D eigenvalue weighted by molar-refractivity contribution is 7.51. The van der Waals surface area contributed by atoms with Crippen LogP contribution in [0.4, 0.5) is 18.9 Å². The van der Waals surface area contributed by atoms with Crippen molar-refractivity contribution in [2.75, 3.05) is 24.2 Å². The van der Waals surface area contributed by atoms with Crippen LogP contribution < -0.4 is 18.8 Å². The number of alkyl halides is 3. The Balaban J connectivity index is 0.00000302. The molecule has 0 bridgehead atoms. The minimum atomic E-state index is -4.45. The zero-order chi connectivity index (χ0) is 40.7.